The van der Waals surface area contributed by atoms with Crippen LogP contribution in [0.25, 0.3) is 10.8 Å². The van der Waals surface area contributed by atoms with Gasteiger partial charge in [0.2, 0.25) is 0 Å². The number of nitrogens with zero attached hydrogens (tertiary/aromatic N) is 3. The van der Waals surface area contributed by atoms with E-state index in [1.807, 2.05) is 6.92 Å². The van der Waals surface area contributed by atoms with Crippen molar-refractivity contribution in [3.05, 3.63) is 99.6 Å². The molecule has 36 heavy (non-hydrogen) atoms. The molecular weight excluding hydrogens is 462 g/mol. The Kier molecular flexibility index (Phi) is 6.68. The van der Waals surface area contributed by atoms with Crippen molar-refractivity contribution in [3.63, 3.8) is 0 Å². The van der Waals surface area contributed by atoms with Gasteiger partial charge < -0.3 is 15.7 Å². The number of hydrogen-bond donors (Lipinski definition) is 3. The van der Waals surface area contributed by atoms with Crippen molar-refractivity contribution in [2.75, 3.05) is 12.4 Å². The molecule has 4 aromatic rings. The third-order valence-electron chi connectivity index (χ3n) is 5.53. The molecule has 0 saturated heterocycles. The molecule has 0 atom stereocenters. The highest BCUT2D eigenvalue weighted by atomic mass is 16.6. The summed E-state index contributed by atoms with van der Waals surface area (Å²) < 4.78 is 0. The summed E-state index contributed by atoms with van der Waals surface area (Å²) in [4.78, 5) is 35.3. The Morgan fingerprint density at radius 1 is 0.944 bits per heavy atom. The molecule has 180 valence electrons. The minimum absolute atomic E-state index is 0.0446. The van der Waals surface area contributed by atoms with Gasteiger partial charge in [-0.2, -0.15) is 5.11 Å². The van der Waals surface area contributed by atoms with Crippen molar-refractivity contribution in [1.82, 2.24) is 5.32 Å². The number of phenols is 1. The molecule has 4 rings (SSSR count). The first kappa shape index (κ1) is 24.0. The number of aryl methyl sites for hydroxylation is 1. The van der Waals surface area contributed by atoms with Crippen LogP contribution in [0.1, 0.15) is 26.3 Å². The molecule has 10 nitrogen and oxygen atoms in total. The number of aromatic hydroxyl groups is 1. The normalized spacial score (nSPS) is 10.9. The lowest BCUT2D eigenvalue weighted by Gasteiger charge is -2.11. The summed E-state index contributed by atoms with van der Waals surface area (Å²) in [6.45, 7) is 1.81. The van der Waals surface area contributed by atoms with Gasteiger partial charge in [0, 0.05) is 35.8 Å². The molecule has 0 aliphatic carbocycles. The topological polar surface area (TPSA) is 146 Å². The number of fused-ring (bicyclic) bond motifs is 1. The van der Waals surface area contributed by atoms with E-state index < -0.39 is 10.8 Å². The number of rotatable bonds is 6. The Balaban J connectivity index is 1.74. The number of anilines is 1. The lowest BCUT2D eigenvalue weighted by Crippen LogP contribution is -2.17. The van der Waals surface area contributed by atoms with Gasteiger partial charge in [-0.15, -0.1) is 5.11 Å². The average molecular weight is 483 g/mol. The number of nitro benzene ring substituents is 1. The van der Waals surface area contributed by atoms with E-state index in [1.54, 1.807) is 42.5 Å². The van der Waals surface area contributed by atoms with Crippen LogP contribution in [0.4, 0.5) is 22.7 Å². The zero-order valence-electron chi connectivity index (χ0n) is 19.4. The number of non-ortho nitro benzene ring substituents is 1. The van der Waals surface area contributed by atoms with Gasteiger partial charge in [-0.05, 0) is 48.2 Å². The number of nitro groups is 1. The predicted molar refractivity (Wildman–Crippen MR) is 135 cm³/mol. The van der Waals surface area contributed by atoms with Gasteiger partial charge in [-0.3, -0.25) is 19.7 Å². The van der Waals surface area contributed by atoms with Crippen molar-refractivity contribution in [1.29, 1.82) is 0 Å². The minimum Gasteiger partial charge on any atom is -0.505 e. The van der Waals surface area contributed by atoms with Crippen molar-refractivity contribution < 1.29 is 19.6 Å². The molecule has 0 aliphatic heterocycles. The number of nitrogens with one attached hydrogen (secondary N) is 2. The standard InChI is InChI=1S/C26H21N5O5/c1-15-7-8-17(25(33)27-2)14-22(15)29-30-23-20-6-4-3-5-16(20)13-21(24(23)32)26(34)28-18-9-11-19(12-10-18)31(35)36/h3-14,32H,1-2H3,(H,27,33)(H,28,34). The van der Waals surface area contributed by atoms with Gasteiger partial charge in [0.05, 0.1) is 16.2 Å². The van der Waals surface area contributed by atoms with Crippen LogP contribution in [-0.2, 0) is 0 Å². The lowest BCUT2D eigenvalue weighted by molar-refractivity contribution is -0.384. The maximum Gasteiger partial charge on any atom is 0.269 e. The van der Waals surface area contributed by atoms with Crippen LogP contribution >= 0.6 is 0 Å². The molecule has 0 bridgehead atoms. The number of amides is 2. The van der Waals surface area contributed by atoms with E-state index in [-0.39, 0.29) is 28.6 Å². The fourth-order valence-electron chi connectivity index (χ4n) is 3.56. The molecule has 10 heteroatoms. The summed E-state index contributed by atoms with van der Waals surface area (Å²) in [5.41, 5.74) is 1.86. The third-order valence-corrected chi connectivity index (χ3v) is 5.53. The maximum atomic E-state index is 13.0. The van der Waals surface area contributed by atoms with Crippen molar-refractivity contribution >= 4 is 45.3 Å². The average Bonchev–Trinajstić information content (AvgIpc) is 2.88. The maximum absolute atomic E-state index is 13.0. The highest BCUT2D eigenvalue weighted by Gasteiger charge is 2.19. The molecule has 0 aromatic heterocycles. The zero-order valence-corrected chi connectivity index (χ0v) is 19.4. The molecule has 0 fully saturated rings. The smallest absolute Gasteiger partial charge is 0.269 e. The Bertz CT molecular complexity index is 1530. The number of phenolic OH excluding ortho intramolecular Hbond substituents is 1. The first-order valence-corrected chi connectivity index (χ1v) is 10.8. The summed E-state index contributed by atoms with van der Waals surface area (Å²) in [6.07, 6.45) is 0. The van der Waals surface area contributed by atoms with Gasteiger partial charge >= 0.3 is 0 Å². The number of hydrogen-bond acceptors (Lipinski definition) is 7. The highest BCUT2D eigenvalue weighted by Crippen LogP contribution is 2.40. The number of benzene rings is 4. The number of azo groups is 1. The molecule has 0 radical (unpaired) electrons. The fraction of sp³-hybridized carbons (Fsp3) is 0.0769. The van der Waals surface area contributed by atoms with Crippen molar-refractivity contribution in [2.24, 2.45) is 10.2 Å². The van der Waals surface area contributed by atoms with E-state index in [9.17, 15) is 24.8 Å². The summed E-state index contributed by atoms with van der Waals surface area (Å²) in [6, 6.07) is 18.9. The second kappa shape index (κ2) is 10.0. The Labute approximate surface area is 205 Å². The largest absolute Gasteiger partial charge is 0.505 e. The van der Waals surface area contributed by atoms with E-state index in [2.05, 4.69) is 20.9 Å². The Morgan fingerprint density at radius 2 is 1.67 bits per heavy atom. The van der Waals surface area contributed by atoms with E-state index in [4.69, 9.17) is 0 Å². The second-order valence-electron chi connectivity index (χ2n) is 7.88. The lowest BCUT2D eigenvalue weighted by atomic mass is 10.0. The SMILES string of the molecule is CNC(=O)c1ccc(C)c(N=Nc2c(O)c(C(=O)Nc3ccc([N+](=O)[O-])cc3)cc3ccccc23)c1. The summed E-state index contributed by atoms with van der Waals surface area (Å²) in [7, 11) is 1.53. The van der Waals surface area contributed by atoms with Gasteiger partial charge in [0.15, 0.2) is 5.75 Å². The predicted octanol–water partition coefficient (Wildman–Crippen LogP) is 5.79. The van der Waals surface area contributed by atoms with Crippen LogP contribution in [-0.4, -0.2) is 28.9 Å². The first-order valence-electron chi connectivity index (χ1n) is 10.8. The van der Waals surface area contributed by atoms with Crippen LogP contribution in [0.3, 0.4) is 0 Å². The molecule has 3 N–H and O–H groups in total. The molecule has 0 aliphatic rings. The zero-order chi connectivity index (χ0) is 25.8. The third kappa shape index (κ3) is 4.87. The van der Waals surface area contributed by atoms with E-state index in [1.165, 1.54) is 37.4 Å². The van der Waals surface area contributed by atoms with Crippen LogP contribution in [0.15, 0.2) is 83.0 Å². The molecule has 2 amide bonds. The first-order chi connectivity index (χ1) is 17.3. The van der Waals surface area contributed by atoms with Crippen LogP contribution in [0.5, 0.6) is 5.75 Å². The van der Waals surface area contributed by atoms with Crippen LogP contribution in [0.2, 0.25) is 0 Å². The van der Waals surface area contributed by atoms with Gasteiger partial charge in [-0.25, -0.2) is 0 Å². The Hall–Kier alpha value is -5.12. The van der Waals surface area contributed by atoms with Crippen LogP contribution in [0, 0.1) is 17.0 Å². The van der Waals surface area contributed by atoms with Gasteiger partial charge in [-0.1, -0.05) is 30.3 Å². The van der Waals surface area contributed by atoms with Crippen LogP contribution < -0.4 is 10.6 Å². The van der Waals surface area contributed by atoms with E-state index >= 15 is 0 Å². The molecule has 0 spiro atoms. The summed E-state index contributed by atoms with van der Waals surface area (Å²) in [5, 5.41) is 36.8. The summed E-state index contributed by atoms with van der Waals surface area (Å²) >= 11 is 0. The monoisotopic (exact) mass is 483 g/mol. The number of carbonyl (C=O) groups excluding carboxylic acids is 2. The van der Waals surface area contributed by atoms with Crippen molar-refractivity contribution in [3.8, 4) is 5.75 Å². The molecule has 4 aromatic carbocycles. The van der Waals surface area contributed by atoms with E-state index in [0.29, 0.717) is 27.7 Å². The molecular formula is C26H21N5O5. The summed E-state index contributed by atoms with van der Waals surface area (Å²) in [5.74, 6) is -1.28. The molecule has 0 unspecified atom stereocenters. The van der Waals surface area contributed by atoms with E-state index in [0.717, 1.165) is 5.56 Å². The molecule has 0 saturated carbocycles. The van der Waals surface area contributed by atoms with Gasteiger partial charge in [0.25, 0.3) is 17.5 Å². The number of carbonyl (C=O) groups is 2. The highest BCUT2D eigenvalue weighted by molar-refractivity contribution is 6.11. The second-order valence-corrected chi connectivity index (χ2v) is 7.88. The molecule has 0 heterocycles. The fourth-order valence-corrected chi connectivity index (χ4v) is 3.56. The quantitative estimate of drug-likeness (QED) is 0.180. The Morgan fingerprint density at radius 3 is 2.36 bits per heavy atom. The van der Waals surface area contributed by atoms with Crippen molar-refractivity contribution in [2.45, 2.75) is 6.92 Å². The van der Waals surface area contributed by atoms with Gasteiger partial charge in [0.1, 0.15) is 5.69 Å². The minimum atomic E-state index is -0.624.